The first kappa shape index (κ1) is 18.7. The molecule has 144 valence electrons. The van der Waals surface area contributed by atoms with Gasteiger partial charge >= 0.3 is 0 Å². The number of fused-ring (bicyclic) bond motifs is 1. The predicted molar refractivity (Wildman–Crippen MR) is 112 cm³/mol. The van der Waals surface area contributed by atoms with E-state index in [0.29, 0.717) is 41.5 Å². The molecule has 0 bridgehead atoms. The van der Waals surface area contributed by atoms with E-state index in [1.165, 1.54) is 12.1 Å². The lowest BCUT2D eigenvalue weighted by molar-refractivity contribution is 0.310. The molecule has 3 aromatic rings. The summed E-state index contributed by atoms with van der Waals surface area (Å²) in [5, 5.41) is 20.4. The first-order valence-corrected chi connectivity index (χ1v) is 9.34. The number of nitrogens with zero attached hydrogens (tertiary/aromatic N) is 6. The maximum Gasteiger partial charge on any atom is 0.271 e. The molecule has 0 unspecified atom stereocenters. The highest BCUT2D eigenvalue weighted by molar-refractivity contribution is 6.67. The summed E-state index contributed by atoms with van der Waals surface area (Å²) in [6.07, 6.45) is 3.16. The standard InChI is InChI=1S/C20H19BFN7/c1-14(17-6-7-19-25-18(24)12-29(19)26-17)20(15-2-4-16(22)5-3-15)27-28-10-8-21(13-23)9-11-28/h2-7,12H,1,8-11,24H2/b27-20+. The molecular formula is C20H19BFN7. The number of nitrogens with two attached hydrogens (primary N) is 1. The quantitative estimate of drug-likeness (QED) is 0.549. The van der Waals surface area contributed by atoms with Crippen molar-refractivity contribution in [1.82, 2.24) is 19.6 Å². The van der Waals surface area contributed by atoms with E-state index >= 15 is 0 Å². The Balaban J connectivity index is 1.70. The number of allylic oxidation sites excluding steroid dienone is 1. The van der Waals surface area contributed by atoms with E-state index in [1.807, 2.05) is 17.1 Å². The number of nitriles is 1. The molecule has 29 heavy (non-hydrogen) atoms. The number of anilines is 1. The third-order valence-electron chi connectivity index (χ3n) is 4.95. The second-order valence-electron chi connectivity index (χ2n) is 6.98. The zero-order valence-corrected chi connectivity index (χ0v) is 15.8. The Morgan fingerprint density at radius 3 is 2.62 bits per heavy atom. The van der Waals surface area contributed by atoms with Gasteiger partial charge in [-0.05, 0) is 49.0 Å². The lowest BCUT2D eigenvalue weighted by Crippen LogP contribution is -2.34. The first-order chi connectivity index (χ1) is 14.0. The molecule has 0 radical (unpaired) electrons. The Labute approximate surface area is 168 Å². The van der Waals surface area contributed by atoms with Crippen LogP contribution in [0, 0.1) is 17.0 Å². The van der Waals surface area contributed by atoms with Crippen LogP contribution in [0.5, 0.6) is 0 Å². The number of rotatable bonds is 4. The Morgan fingerprint density at radius 2 is 1.93 bits per heavy atom. The summed E-state index contributed by atoms with van der Waals surface area (Å²) in [6, 6.07) is 9.76. The molecule has 2 aromatic heterocycles. The molecule has 0 aliphatic carbocycles. The van der Waals surface area contributed by atoms with Crippen molar-refractivity contribution in [3.63, 3.8) is 0 Å². The fourth-order valence-corrected chi connectivity index (χ4v) is 3.32. The highest BCUT2D eigenvalue weighted by atomic mass is 19.1. The zero-order valence-electron chi connectivity index (χ0n) is 15.8. The molecule has 1 aliphatic rings. The van der Waals surface area contributed by atoms with Gasteiger partial charge in [-0.25, -0.2) is 19.2 Å². The van der Waals surface area contributed by atoms with Crippen LogP contribution >= 0.6 is 0 Å². The average molecular weight is 387 g/mol. The number of halogens is 1. The molecule has 1 aromatic carbocycles. The van der Waals surface area contributed by atoms with E-state index in [9.17, 15) is 4.39 Å². The molecule has 0 atom stereocenters. The molecule has 2 N–H and O–H groups in total. The van der Waals surface area contributed by atoms with Gasteiger partial charge in [0.15, 0.2) is 5.65 Å². The van der Waals surface area contributed by atoms with Crippen molar-refractivity contribution >= 4 is 29.5 Å². The largest absolute Gasteiger partial charge is 0.382 e. The molecule has 4 rings (SSSR count). The first-order valence-electron chi connectivity index (χ1n) is 9.34. The van der Waals surface area contributed by atoms with Crippen LogP contribution in [-0.4, -0.2) is 45.1 Å². The minimum atomic E-state index is -0.318. The van der Waals surface area contributed by atoms with Crippen LogP contribution in [0.1, 0.15) is 11.3 Å². The van der Waals surface area contributed by atoms with Gasteiger partial charge in [0.05, 0.1) is 17.6 Å². The van der Waals surface area contributed by atoms with Gasteiger partial charge in [0, 0.05) is 30.2 Å². The molecular weight excluding hydrogens is 368 g/mol. The molecule has 3 heterocycles. The maximum absolute atomic E-state index is 13.5. The molecule has 1 saturated heterocycles. The summed E-state index contributed by atoms with van der Waals surface area (Å²) in [6.45, 7) is 5.63. The molecule has 9 heteroatoms. The van der Waals surface area contributed by atoms with Crippen LogP contribution in [0.4, 0.5) is 10.2 Å². The highest BCUT2D eigenvalue weighted by Crippen LogP contribution is 2.21. The number of benzene rings is 1. The smallest absolute Gasteiger partial charge is 0.271 e. The van der Waals surface area contributed by atoms with Crippen LogP contribution in [0.25, 0.3) is 11.2 Å². The minimum Gasteiger partial charge on any atom is -0.382 e. The third kappa shape index (κ3) is 3.96. The van der Waals surface area contributed by atoms with Gasteiger partial charge in [-0.15, -0.1) is 0 Å². The monoisotopic (exact) mass is 387 g/mol. The Hall–Kier alpha value is -3.67. The normalized spacial score (nSPS) is 14.8. The third-order valence-corrected chi connectivity index (χ3v) is 4.95. The lowest BCUT2D eigenvalue weighted by Gasteiger charge is -2.26. The van der Waals surface area contributed by atoms with Crippen LogP contribution in [-0.2, 0) is 0 Å². The molecule has 0 amide bonds. The molecule has 0 saturated carbocycles. The Morgan fingerprint density at radius 1 is 1.21 bits per heavy atom. The van der Waals surface area contributed by atoms with Crippen LogP contribution in [0.15, 0.2) is 54.3 Å². The SMILES string of the molecule is C=C(/C(=N\N1CCB(C#N)CC1)c1ccc(F)cc1)c1ccc2nc(N)cn2n1. The number of aromatic nitrogens is 3. The van der Waals surface area contributed by atoms with Crippen molar-refractivity contribution in [2.75, 3.05) is 18.8 Å². The lowest BCUT2D eigenvalue weighted by atomic mass is 9.45. The minimum absolute atomic E-state index is 0.0645. The van der Waals surface area contributed by atoms with Gasteiger partial charge in [-0.3, -0.25) is 5.01 Å². The maximum atomic E-state index is 13.5. The van der Waals surface area contributed by atoms with Crippen molar-refractivity contribution in [3.05, 3.63) is 66.2 Å². The van der Waals surface area contributed by atoms with E-state index in [0.717, 1.165) is 18.2 Å². The van der Waals surface area contributed by atoms with Crippen molar-refractivity contribution in [2.45, 2.75) is 12.6 Å². The second-order valence-corrected chi connectivity index (χ2v) is 6.98. The summed E-state index contributed by atoms with van der Waals surface area (Å²) >= 11 is 0. The molecule has 0 spiro atoms. The van der Waals surface area contributed by atoms with E-state index in [2.05, 4.69) is 22.6 Å². The fraction of sp³-hybridized carbons (Fsp3) is 0.200. The van der Waals surface area contributed by atoms with E-state index in [1.54, 1.807) is 22.8 Å². The number of nitrogen functional groups attached to an aromatic ring is 1. The van der Waals surface area contributed by atoms with Crippen molar-refractivity contribution in [2.24, 2.45) is 5.10 Å². The predicted octanol–water partition coefficient (Wildman–Crippen LogP) is 2.74. The van der Waals surface area contributed by atoms with Gasteiger partial charge in [0.25, 0.3) is 6.71 Å². The highest BCUT2D eigenvalue weighted by Gasteiger charge is 2.23. The topological polar surface area (TPSA) is 95.6 Å². The molecule has 7 nitrogen and oxygen atoms in total. The molecule has 1 aliphatic heterocycles. The summed E-state index contributed by atoms with van der Waals surface area (Å²) in [7, 11) is 0. The number of hydrazone groups is 1. The van der Waals surface area contributed by atoms with Gasteiger partial charge in [-0.1, -0.05) is 6.58 Å². The van der Waals surface area contributed by atoms with Crippen molar-refractivity contribution in [1.29, 1.82) is 5.26 Å². The van der Waals surface area contributed by atoms with Crippen molar-refractivity contribution in [3.8, 4) is 5.97 Å². The van der Waals surface area contributed by atoms with Gasteiger partial charge in [0.2, 0.25) is 0 Å². The average Bonchev–Trinajstić information content (AvgIpc) is 3.12. The van der Waals surface area contributed by atoms with Crippen LogP contribution in [0.2, 0.25) is 12.6 Å². The summed E-state index contributed by atoms with van der Waals surface area (Å²) in [4.78, 5) is 4.18. The zero-order chi connectivity index (χ0) is 20.4. The van der Waals surface area contributed by atoms with Gasteiger partial charge in [-0.2, -0.15) is 10.2 Å². The summed E-state index contributed by atoms with van der Waals surface area (Å²) in [5.74, 6) is 2.38. The summed E-state index contributed by atoms with van der Waals surface area (Å²) < 4.78 is 15.0. The number of hydrogen-bond acceptors (Lipinski definition) is 6. The fourth-order valence-electron chi connectivity index (χ4n) is 3.32. The van der Waals surface area contributed by atoms with E-state index < -0.39 is 0 Å². The Kier molecular flexibility index (Phi) is 5.00. The number of imidazole rings is 1. The molecule has 1 fully saturated rings. The van der Waals surface area contributed by atoms with E-state index in [-0.39, 0.29) is 12.5 Å². The van der Waals surface area contributed by atoms with Crippen LogP contribution in [0.3, 0.4) is 0 Å². The Bertz CT molecular complexity index is 1120. The van der Waals surface area contributed by atoms with E-state index in [4.69, 9.17) is 16.1 Å². The summed E-state index contributed by atoms with van der Waals surface area (Å²) in [5.41, 5.74) is 8.96. The number of hydrogen-bond donors (Lipinski definition) is 1. The van der Waals surface area contributed by atoms with Crippen LogP contribution < -0.4 is 5.73 Å². The van der Waals surface area contributed by atoms with Crippen molar-refractivity contribution < 1.29 is 4.39 Å². The van der Waals surface area contributed by atoms with Gasteiger partial charge < -0.3 is 5.73 Å². The van der Waals surface area contributed by atoms with Gasteiger partial charge in [0.1, 0.15) is 11.6 Å². The second kappa shape index (κ2) is 7.76.